The first-order chi connectivity index (χ1) is 15.8. The van der Waals surface area contributed by atoms with Gasteiger partial charge in [0.2, 0.25) is 12.7 Å². The summed E-state index contributed by atoms with van der Waals surface area (Å²) in [5.41, 5.74) is -0.299. The Morgan fingerprint density at radius 1 is 1.15 bits per heavy atom. The molecule has 3 atom stereocenters. The number of alkyl halides is 2. The number of hydrogen-bond donors (Lipinski definition) is 1. The van der Waals surface area contributed by atoms with E-state index in [1.54, 1.807) is 6.07 Å². The summed E-state index contributed by atoms with van der Waals surface area (Å²) in [5.74, 6) is 1.49. The second kappa shape index (κ2) is 7.09. The van der Waals surface area contributed by atoms with Crippen LogP contribution in [0.1, 0.15) is 44.6 Å². The van der Waals surface area contributed by atoms with Gasteiger partial charge in [-0.05, 0) is 49.5 Å². The van der Waals surface area contributed by atoms with Crippen molar-refractivity contribution >= 4 is 5.91 Å². The van der Waals surface area contributed by atoms with E-state index in [2.05, 4.69) is 27.8 Å². The zero-order chi connectivity index (χ0) is 22.8. The molecule has 3 aliphatic heterocycles. The van der Waals surface area contributed by atoms with E-state index < -0.39 is 11.7 Å². The lowest BCUT2D eigenvalue weighted by molar-refractivity contribution is -0.286. The molecule has 6 rings (SSSR count). The molecule has 33 heavy (non-hydrogen) atoms. The number of rotatable bonds is 4. The van der Waals surface area contributed by atoms with Crippen molar-refractivity contribution < 1.29 is 37.3 Å². The first-order valence-electron chi connectivity index (χ1n) is 11.3. The maximum Gasteiger partial charge on any atom is 0.586 e. The molecule has 1 aromatic carbocycles. The Bertz CT molecular complexity index is 1070. The molecule has 0 aromatic heterocycles. The topological polar surface area (TPSA) is 75.3 Å². The quantitative estimate of drug-likeness (QED) is 0.734. The predicted molar refractivity (Wildman–Crippen MR) is 110 cm³/mol. The summed E-state index contributed by atoms with van der Waals surface area (Å²) in [4.78, 5) is 13.3. The SMILES string of the molecule is CC1([C@@H]2C[C@H](NC(=O)C3(c4ccc5c(c4)OC(F)(F)O5)CC3)CCO2)C=CC2=C(C1)OCO2. The minimum absolute atomic E-state index is 0.0177. The number of nitrogens with one attached hydrogen (secondary N) is 1. The predicted octanol–water partition coefficient (Wildman–Crippen LogP) is 3.89. The molecule has 1 unspecified atom stereocenters. The molecular formula is C24H25F2NO6. The van der Waals surface area contributed by atoms with Crippen molar-refractivity contribution in [3.05, 3.63) is 47.4 Å². The molecule has 0 bridgehead atoms. The molecule has 1 saturated carbocycles. The summed E-state index contributed by atoms with van der Waals surface area (Å²) < 4.78 is 53.0. The normalized spacial score (nSPS) is 32.6. The number of amides is 1. The summed E-state index contributed by atoms with van der Waals surface area (Å²) in [7, 11) is 0. The molecule has 7 nitrogen and oxygen atoms in total. The van der Waals surface area contributed by atoms with Crippen molar-refractivity contribution in [3.63, 3.8) is 0 Å². The lowest BCUT2D eigenvalue weighted by Crippen LogP contribution is -2.49. The fraction of sp³-hybridized carbons (Fsp3) is 0.542. The third kappa shape index (κ3) is 3.53. The molecule has 0 radical (unpaired) electrons. The smallest absolute Gasteiger partial charge is 0.458 e. The van der Waals surface area contributed by atoms with Crippen molar-refractivity contribution in [1.29, 1.82) is 0 Å². The minimum Gasteiger partial charge on any atom is -0.458 e. The van der Waals surface area contributed by atoms with E-state index in [1.165, 1.54) is 12.1 Å². The molecular weight excluding hydrogens is 436 g/mol. The fourth-order valence-corrected chi connectivity index (χ4v) is 5.22. The highest BCUT2D eigenvalue weighted by atomic mass is 19.3. The first kappa shape index (κ1) is 20.8. The molecule has 9 heteroatoms. The highest BCUT2D eigenvalue weighted by molar-refractivity contribution is 5.91. The van der Waals surface area contributed by atoms with E-state index >= 15 is 0 Å². The van der Waals surface area contributed by atoms with E-state index in [0.717, 1.165) is 17.9 Å². The van der Waals surface area contributed by atoms with Crippen LogP contribution in [0.3, 0.4) is 0 Å². The number of hydrogen-bond acceptors (Lipinski definition) is 6. The standard InChI is InChI=1S/C24H25F2NO6/c1-22(6-4-16-19(12-22)31-13-30-16)20-11-15(5-9-29-20)27-21(28)23(7-8-23)14-2-3-17-18(10-14)33-24(25,26)32-17/h2-4,6,10,15,20H,5,7-9,11-13H2,1H3,(H,27,28)/t15-,20+,22?/m1/s1. The minimum atomic E-state index is -3.67. The van der Waals surface area contributed by atoms with Crippen LogP contribution in [0.4, 0.5) is 8.78 Å². The number of carbonyl (C=O) groups excluding carboxylic acids is 1. The fourth-order valence-electron chi connectivity index (χ4n) is 5.22. The second-order valence-electron chi connectivity index (χ2n) is 9.68. The summed E-state index contributed by atoms with van der Waals surface area (Å²) in [5, 5.41) is 3.21. The van der Waals surface area contributed by atoms with Crippen LogP contribution in [0, 0.1) is 5.41 Å². The molecule has 5 aliphatic rings. The average molecular weight is 461 g/mol. The van der Waals surface area contributed by atoms with Crippen LogP contribution in [0.15, 0.2) is 41.9 Å². The highest BCUT2D eigenvalue weighted by Crippen LogP contribution is 2.52. The molecule has 1 saturated heterocycles. The van der Waals surface area contributed by atoms with Crippen LogP contribution in [-0.2, 0) is 24.4 Å². The molecule has 2 aliphatic carbocycles. The van der Waals surface area contributed by atoms with Crippen molar-refractivity contribution in [2.75, 3.05) is 13.4 Å². The van der Waals surface area contributed by atoms with Gasteiger partial charge in [0, 0.05) is 24.5 Å². The maximum atomic E-state index is 13.4. The Labute approximate surface area is 189 Å². The Balaban J connectivity index is 1.14. The van der Waals surface area contributed by atoms with Gasteiger partial charge in [0.25, 0.3) is 0 Å². The Morgan fingerprint density at radius 2 is 1.97 bits per heavy atom. The van der Waals surface area contributed by atoms with Crippen molar-refractivity contribution in [2.45, 2.75) is 62.9 Å². The number of allylic oxidation sites excluding steroid dienone is 2. The lowest BCUT2D eigenvalue weighted by Gasteiger charge is -2.41. The maximum absolute atomic E-state index is 13.4. The van der Waals surface area contributed by atoms with Crippen molar-refractivity contribution in [3.8, 4) is 11.5 Å². The number of benzene rings is 1. The van der Waals surface area contributed by atoms with Gasteiger partial charge in [-0.25, -0.2) is 0 Å². The first-order valence-corrected chi connectivity index (χ1v) is 11.3. The monoisotopic (exact) mass is 461 g/mol. The number of fused-ring (bicyclic) bond motifs is 1. The van der Waals surface area contributed by atoms with Gasteiger partial charge in [0.05, 0.1) is 11.5 Å². The highest BCUT2D eigenvalue weighted by Gasteiger charge is 2.53. The van der Waals surface area contributed by atoms with Gasteiger partial charge in [-0.15, -0.1) is 8.78 Å². The average Bonchev–Trinajstić information content (AvgIpc) is 3.36. The number of carbonyl (C=O) groups is 1. The van der Waals surface area contributed by atoms with E-state index in [-0.39, 0.29) is 41.8 Å². The van der Waals surface area contributed by atoms with Crippen LogP contribution in [0.2, 0.25) is 0 Å². The van der Waals surface area contributed by atoms with Gasteiger partial charge < -0.3 is 29.0 Å². The van der Waals surface area contributed by atoms with Crippen LogP contribution in [-0.4, -0.2) is 37.7 Å². The summed E-state index contributed by atoms with van der Waals surface area (Å²) in [6.07, 6.45) is 3.72. The van der Waals surface area contributed by atoms with Gasteiger partial charge >= 0.3 is 6.29 Å². The van der Waals surface area contributed by atoms with Gasteiger partial charge in [-0.2, -0.15) is 0 Å². The van der Waals surface area contributed by atoms with E-state index in [4.69, 9.17) is 14.2 Å². The molecule has 0 spiro atoms. The number of halogens is 2. The Kier molecular flexibility index (Phi) is 4.46. The molecule has 1 amide bonds. The molecule has 1 N–H and O–H groups in total. The largest absolute Gasteiger partial charge is 0.586 e. The zero-order valence-corrected chi connectivity index (χ0v) is 18.2. The van der Waals surface area contributed by atoms with Crippen molar-refractivity contribution in [2.24, 2.45) is 5.41 Å². The van der Waals surface area contributed by atoms with E-state index in [9.17, 15) is 13.6 Å². The third-order valence-corrected chi connectivity index (χ3v) is 7.37. The molecule has 3 heterocycles. The second-order valence-corrected chi connectivity index (χ2v) is 9.68. The van der Waals surface area contributed by atoms with E-state index in [1.807, 2.05) is 6.08 Å². The van der Waals surface area contributed by atoms with Crippen LogP contribution in [0.5, 0.6) is 11.5 Å². The summed E-state index contributed by atoms with van der Waals surface area (Å²) in [6.45, 7) is 2.93. The van der Waals surface area contributed by atoms with Crippen molar-refractivity contribution in [1.82, 2.24) is 5.32 Å². The van der Waals surface area contributed by atoms with Gasteiger partial charge in [-0.1, -0.05) is 19.1 Å². The van der Waals surface area contributed by atoms with Crippen LogP contribution < -0.4 is 14.8 Å². The van der Waals surface area contributed by atoms with Gasteiger partial charge in [0.1, 0.15) is 5.76 Å². The van der Waals surface area contributed by atoms with Crippen LogP contribution >= 0.6 is 0 Å². The molecule has 2 fully saturated rings. The zero-order valence-electron chi connectivity index (χ0n) is 18.2. The summed E-state index contributed by atoms with van der Waals surface area (Å²) >= 11 is 0. The van der Waals surface area contributed by atoms with Gasteiger partial charge in [0.15, 0.2) is 17.3 Å². The third-order valence-electron chi connectivity index (χ3n) is 7.37. The molecule has 1 aromatic rings. The summed E-state index contributed by atoms with van der Waals surface area (Å²) in [6, 6.07) is 4.58. The number of ether oxygens (including phenoxy) is 5. The van der Waals surface area contributed by atoms with Gasteiger partial charge in [-0.3, -0.25) is 4.79 Å². The Hall–Kier alpha value is -2.81. The lowest BCUT2D eigenvalue weighted by atomic mass is 9.74. The molecule has 176 valence electrons. The van der Waals surface area contributed by atoms with Crippen LogP contribution in [0.25, 0.3) is 0 Å². The Morgan fingerprint density at radius 3 is 2.79 bits per heavy atom. The van der Waals surface area contributed by atoms with E-state index in [0.29, 0.717) is 37.9 Å².